The van der Waals surface area contributed by atoms with Gasteiger partial charge in [0.2, 0.25) is 23.5 Å². The zero-order valence-corrected chi connectivity index (χ0v) is 28.3. The molecule has 0 spiro atoms. The summed E-state index contributed by atoms with van der Waals surface area (Å²) in [5.74, 6) is -2.25. The summed E-state index contributed by atoms with van der Waals surface area (Å²) in [5, 5.41) is 11.4. The number of ketones is 1. The Morgan fingerprint density at radius 1 is 0.891 bits per heavy atom. The van der Waals surface area contributed by atoms with Crippen molar-refractivity contribution in [2.45, 2.75) is 104 Å². The van der Waals surface area contributed by atoms with Crippen LogP contribution in [0.4, 0.5) is 4.79 Å². The first kappa shape index (κ1) is 35.6. The number of carbonyl (C=O) groups excluding carboxylic acids is 6. The van der Waals surface area contributed by atoms with Gasteiger partial charge in [-0.05, 0) is 54.3 Å². The third kappa shape index (κ3) is 8.38. The summed E-state index contributed by atoms with van der Waals surface area (Å²) in [4.78, 5) is 81.6. The molecule has 4 aliphatic rings. The normalized spacial score (nSPS) is 23.8. The lowest BCUT2D eigenvalue weighted by atomic mass is 9.61. The summed E-state index contributed by atoms with van der Waals surface area (Å²) >= 11 is 0. The molecule has 4 fully saturated rings. The molecule has 4 rings (SSSR count). The third-order valence-corrected chi connectivity index (χ3v) is 11.0. The minimum atomic E-state index is -1.09. The molecule has 2 saturated carbocycles. The van der Waals surface area contributed by atoms with Crippen LogP contribution in [-0.2, 0) is 24.0 Å². The second-order valence-electron chi connectivity index (χ2n) is 15.5. The van der Waals surface area contributed by atoms with E-state index in [0.29, 0.717) is 51.5 Å². The Morgan fingerprint density at radius 3 is 2.04 bits per heavy atom. The van der Waals surface area contributed by atoms with E-state index in [2.05, 4.69) is 35.1 Å². The number of hydrogen-bond acceptors (Lipinski definition) is 7. The van der Waals surface area contributed by atoms with Gasteiger partial charge in [-0.2, -0.15) is 0 Å². The van der Waals surface area contributed by atoms with Gasteiger partial charge in [-0.1, -0.05) is 60.3 Å². The van der Waals surface area contributed by atoms with Crippen LogP contribution in [-0.4, -0.2) is 103 Å². The lowest BCUT2D eigenvalue weighted by Gasteiger charge is -2.44. The quantitative estimate of drug-likeness (QED) is 0.195. The summed E-state index contributed by atoms with van der Waals surface area (Å²) < 4.78 is 0. The van der Waals surface area contributed by atoms with Crippen LogP contribution in [0.15, 0.2) is 0 Å². The van der Waals surface area contributed by atoms with Crippen molar-refractivity contribution in [3.8, 4) is 0 Å². The fourth-order valence-corrected chi connectivity index (χ4v) is 7.27. The van der Waals surface area contributed by atoms with Crippen molar-refractivity contribution in [3.05, 3.63) is 0 Å². The topological polar surface area (TPSA) is 183 Å². The number of carbonyl (C=O) groups is 6. The molecule has 4 atom stereocenters. The summed E-state index contributed by atoms with van der Waals surface area (Å²) in [6, 6.07) is -3.33. The number of nitrogens with one attached hydrogen (secondary N) is 4. The number of nitrogens with zero attached hydrogens (tertiary/aromatic N) is 2. The largest absolute Gasteiger partial charge is 0.363 e. The standard InChI is InChI=1S/C33H55N7O6/c1-32(2,3)27(30(45)39-14-12-35-13-15-39)38-31(46)36-18-25(41)40-19-22(33(4,5)21-10-7-11-21)17-24(40)29(44)37-23(26(42)28(34)43)16-20-8-6-9-20/h20-24,27,35H,6-19H2,1-5H3,(H2,34,43)(H,37,44)(H2,36,38,46)/t22?,23?,24-,27+/m0/s1. The number of amides is 6. The molecule has 46 heavy (non-hydrogen) atoms. The van der Waals surface area contributed by atoms with Gasteiger partial charge in [0, 0.05) is 32.7 Å². The average Bonchev–Trinajstić information content (AvgIpc) is 3.40. The lowest BCUT2D eigenvalue weighted by molar-refractivity contribution is -0.141. The van der Waals surface area contributed by atoms with E-state index < -0.39 is 53.1 Å². The maximum Gasteiger partial charge on any atom is 0.315 e. The van der Waals surface area contributed by atoms with Crippen LogP contribution in [0.3, 0.4) is 0 Å². The average molecular weight is 646 g/mol. The highest BCUT2D eigenvalue weighted by molar-refractivity contribution is 6.37. The number of Topliss-reactive ketones (excluding diaryl/α,β-unsaturated/α-hetero) is 1. The first-order valence-corrected chi connectivity index (χ1v) is 17.1. The van der Waals surface area contributed by atoms with Gasteiger partial charge in [-0.25, -0.2) is 4.79 Å². The predicted octanol–water partition coefficient (Wildman–Crippen LogP) is 0.905. The Morgan fingerprint density at radius 2 is 1.52 bits per heavy atom. The van der Waals surface area contributed by atoms with Gasteiger partial charge in [0.1, 0.15) is 12.1 Å². The molecule has 13 heteroatoms. The lowest BCUT2D eigenvalue weighted by Crippen LogP contribution is -2.60. The summed E-state index contributed by atoms with van der Waals surface area (Å²) in [6.07, 6.45) is 7.02. The Bertz CT molecular complexity index is 1170. The Hall–Kier alpha value is -3.22. The molecular formula is C33H55N7O6. The second kappa shape index (κ2) is 14.7. The SMILES string of the molecule is CC(C)(C1CCC1)C1C[C@@H](C(=O)NC(CC2CCC2)C(=O)C(N)=O)N(C(=O)CNC(=O)N[C@H](C(=O)N2CCNCC2)C(C)(C)C)C1. The number of hydrogen-bond donors (Lipinski definition) is 5. The molecule has 2 saturated heterocycles. The first-order chi connectivity index (χ1) is 21.6. The first-order valence-electron chi connectivity index (χ1n) is 17.1. The van der Waals surface area contributed by atoms with Gasteiger partial charge in [0.05, 0.1) is 12.6 Å². The van der Waals surface area contributed by atoms with Gasteiger partial charge in [-0.15, -0.1) is 0 Å². The monoisotopic (exact) mass is 645 g/mol. The zero-order valence-electron chi connectivity index (χ0n) is 28.3. The van der Waals surface area contributed by atoms with Crippen LogP contribution in [0.2, 0.25) is 0 Å². The van der Waals surface area contributed by atoms with E-state index in [9.17, 15) is 28.8 Å². The van der Waals surface area contributed by atoms with E-state index in [1.807, 2.05) is 20.8 Å². The van der Waals surface area contributed by atoms with Crippen molar-refractivity contribution in [1.29, 1.82) is 0 Å². The van der Waals surface area contributed by atoms with Gasteiger partial charge >= 0.3 is 6.03 Å². The fourth-order valence-electron chi connectivity index (χ4n) is 7.27. The smallest absolute Gasteiger partial charge is 0.315 e. The molecule has 2 unspecified atom stereocenters. The van der Waals surface area contributed by atoms with E-state index in [-0.39, 0.29) is 29.7 Å². The Balaban J connectivity index is 1.44. The van der Waals surface area contributed by atoms with E-state index >= 15 is 0 Å². The molecule has 2 aliphatic carbocycles. The van der Waals surface area contributed by atoms with Crippen molar-refractivity contribution in [1.82, 2.24) is 31.1 Å². The van der Waals surface area contributed by atoms with Crippen molar-refractivity contribution in [2.75, 3.05) is 39.3 Å². The van der Waals surface area contributed by atoms with E-state index in [1.165, 1.54) is 4.90 Å². The molecule has 2 heterocycles. The van der Waals surface area contributed by atoms with Crippen LogP contribution < -0.4 is 27.0 Å². The maximum atomic E-state index is 13.8. The molecule has 258 valence electrons. The number of urea groups is 1. The van der Waals surface area contributed by atoms with E-state index in [1.54, 1.807) is 4.90 Å². The molecule has 0 aromatic carbocycles. The molecule has 6 amide bonds. The molecule has 6 N–H and O–H groups in total. The molecule has 2 aliphatic heterocycles. The van der Waals surface area contributed by atoms with Crippen LogP contribution in [0.5, 0.6) is 0 Å². The number of primary amides is 1. The summed E-state index contributed by atoms with van der Waals surface area (Å²) in [6.45, 7) is 12.5. The fraction of sp³-hybridized carbons (Fsp3) is 0.818. The Labute approximate surface area is 272 Å². The number of likely N-dealkylation sites (tertiary alicyclic amines) is 1. The van der Waals surface area contributed by atoms with E-state index in [4.69, 9.17) is 5.73 Å². The van der Waals surface area contributed by atoms with Crippen LogP contribution >= 0.6 is 0 Å². The van der Waals surface area contributed by atoms with Crippen molar-refractivity contribution in [2.24, 2.45) is 34.3 Å². The number of nitrogens with two attached hydrogens (primary N) is 1. The highest BCUT2D eigenvalue weighted by Crippen LogP contribution is 2.50. The van der Waals surface area contributed by atoms with Gasteiger partial charge < -0.3 is 36.8 Å². The Kier molecular flexibility index (Phi) is 11.4. The van der Waals surface area contributed by atoms with Crippen LogP contribution in [0.1, 0.15) is 86.0 Å². The zero-order chi connectivity index (χ0) is 33.8. The third-order valence-electron chi connectivity index (χ3n) is 11.0. The molecule has 13 nitrogen and oxygen atoms in total. The predicted molar refractivity (Wildman–Crippen MR) is 172 cm³/mol. The highest BCUT2D eigenvalue weighted by Gasteiger charge is 2.49. The van der Waals surface area contributed by atoms with Gasteiger partial charge in [0.25, 0.3) is 5.91 Å². The van der Waals surface area contributed by atoms with Gasteiger partial charge in [-0.3, -0.25) is 24.0 Å². The minimum absolute atomic E-state index is 0.0326. The van der Waals surface area contributed by atoms with Crippen LogP contribution in [0, 0.1) is 28.6 Å². The molecule has 0 aromatic rings. The second-order valence-corrected chi connectivity index (χ2v) is 15.5. The van der Waals surface area contributed by atoms with Crippen molar-refractivity contribution < 1.29 is 28.8 Å². The summed E-state index contributed by atoms with van der Waals surface area (Å²) in [7, 11) is 0. The van der Waals surface area contributed by atoms with Crippen molar-refractivity contribution >= 4 is 35.4 Å². The number of rotatable bonds is 12. The maximum absolute atomic E-state index is 13.8. The molecule has 0 bridgehead atoms. The summed E-state index contributed by atoms with van der Waals surface area (Å²) in [5.41, 5.74) is 4.64. The van der Waals surface area contributed by atoms with Crippen LogP contribution in [0.25, 0.3) is 0 Å². The minimum Gasteiger partial charge on any atom is -0.363 e. The molecular weight excluding hydrogens is 590 g/mol. The molecule has 0 aromatic heterocycles. The highest BCUT2D eigenvalue weighted by atomic mass is 16.2. The van der Waals surface area contributed by atoms with Gasteiger partial charge in [0.15, 0.2) is 0 Å². The van der Waals surface area contributed by atoms with E-state index in [0.717, 1.165) is 38.5 Å². The molecule has 0 radical (unpaired) electrons. The van der Waals surface area contributed by atoms with Crippen molar-refractivity contribution in [3.63, 3.8) is 0 Å². The number of piperazine rings is 1.